The van der Waals surface area contributed by atoms with Crippen LogP contribution in [0, 0.1) is 10.5 Å². The molecule has 1 aromatic carbocycles. The van der Waals surface area contributed by atoms with Gasteiger partial charge >= 0.3 is 0 Å². The molecule has 0 bridgehead atoms. The molecule has 0 aliphatic carbocycles. The number of nitrogens with one attached hydrogen (secondary N) is 1. The van der Waals surface area contributed by atoms with Crippen molar-refractivity contribution < 1.29 is 26.4 Å². The van der Waals surface area contributed by atoms with E-state index in [0.717, 1.165) is 16.1 Å². The monoisotopic (exact) mass is 604 g/mol. The fourth-order valence-electron chi connectivity index (χ4n) is 3.29. The standard InChI is InChI=1S/C21H24IN3O6S2/c1-13-6-8-14(9-7-13)18-17(20(26)23-2)15-12-16(22)19(24-21(15)31-18)25(32(27)28)10-4-5-11-33(3,29)30/h6-9,12H,4-5,10-11H2,1-3H3,(H,23,26)(H,27,28)/p-1. The molecule has 0 saturated carbocycles. The van der Waals surface area contributed by atoms with E-state index in [9.17, 15) is 22.0 Å². The normalized spacial score (nSPS) is 12.6. The van der Waals surface area contributed by atoms with Crippen LogP contribution >= 0.6 is 22.6 Å². The number of aryl methyl sites for hydroxylation is 1. The Kier molecular flexibility index (Phi) is 8.13. The molecule has 12 heteroatoms. The van der Waals surface area contributed by atoms with Crippen molar-refractivity contribution in [2.24, 2.45) is 0 Å². The Morgan fingerprint density at radius 2 is 1.94 bits per heavy atom. The van der Waals surface area contributed by atoms with E-state index in [1.807, 2.05) is 53.8 Å². The van der Waals surface area contributed by atoms with Crippen LogP contribution in [0.1, 0.15) is 28.8 Å². The van der Waals surface area contributed by atoms with Crippen LogP contribution in [0.4, 0.5) is 5.82 Å². The van der Waals surface area contributed by atoms with Gasteiger partial charge in [-0.05, 0) is 48.4 Å². The topological polar surface area (TPSA) is 133 Å². The number of carbonyl (C=O) groups is 1. The Morgan fingerprint density at radius 3 is 2.52 bits per heavy atom. The van der Waals surface area contributed by atoms with Crippen molar-refractivity contribution in [3.63, 3.8) is 0 Å². The highest BCUT2D eigenvalue weighted by Crippen LogP contribution is 2.36. The van der Waals surface area contributed by atoms with Crippen molar-refractivity contribution in [3.05, 3.63) is 45.0 Å². The Bertz CT molecular complexity index is 1310. The van der Waals surface area contributed by atoms with Crippen LogP contribution in [0.25, 0.3) is 22.4 Å². The molecule has 0 fully saturated rings. The van der Waals surface area contributed by atoms with Crippen LogP contribution in [0.5, 0.6) is 0 Å². The van der Waals surface area contributed by atoms with E-state index in [0.29, 0.717) is 38.7 Å². The number of carbonyl (C=O) groups excluding carboxylic acids is 1. The first-order valence-electron chi connectivity index (χ1n) is 9.98. The molecule has 3 aromatic rings. The minimum Gasteiger partial charge on any atom is -0.755 e. The Balaban J connectivity index is 2.05. The van der Waals surface area contributed by atoms with E-state index in [1.54, 1.807) is 6.07 Å². The minimum atomic E-state index is -3.13. The first-order valence-corrected chi connectivity index (χ1v) is 14.2. The molecule has 178 valence electrons. The number of nitrogens with zero attached hydrogens (tertiary/aromatic N) is 2. The van der Waals surface area contributed by atoms with Crippen LogP contribution < -0.4 is 9.62 Å². The number of anilines is 1. The lowest BCUT2D eigenvalue weighted by molar-refractivity contribution is 0.0964. The lowest BCUT2D eigenvalue weighted by Gasteiger charge is -2.26. The maximum absolute atomic E-state index is 12.7. The van der Waals surface area contributed by atoms with Crippen molar-refractivity contribution in [1.29, 1.82) is 0 Å². The summed E-state index contributed by atoms with van der Waals surface area (Å²) in [5.74, 6) is 0.125. The average molecular weight is 604 g/mol. The summed E-state index contributed by atoms with van der Waals surface area (Å²) in [7, 11) is -1.61. The molecular weight excluding hydrogens is 581 g/mol. The fourth-order valence-corrected chi connectivity index (χ4v) is 5.47. The number of amides is 1. The van der Waals surface area contributed by atoms with Gasteiger partial charge in [-0.15, -0.1) is 0 Å². The van der Waals surface area contributed by atoms with Gasteiger partial charge in [-0.3, -0.25) is 13.3 Å². The number of benzene rings is 1. The second-order valence-corrected chi connectivity index (χ2v) is 11.9. The van der Waals surface area contributed by atoms with E-state index in [2.05, 4.69) is 10.3 Å². The zero-order chi connectivity index (χ0) is 24.3. The molecule has 1 unspecified atom stereocenters. The van der Waals surface area contributed by atoms with Gasteiger partial charge in [0.1, 0.15) is 15.6 Å². The van der Waals surface area contributed by atoms with Gasteiger partial charge in [-0.25, -0.2) is 8.42 Å². The van der Waals surface area contributed by atoms with Crippen molar-refractivity contribution in [2.75, 3.05) is 29.9 Å². The van der Waals surface area contributed by atoms with Crippen LogP contribution in [0.15, 0.2) is 34.7 Å². The highest BCUT2D eigenvalue weighted by molar-refractivity contribution is 14.1. The molecule has 0 saturated heterocycles. The van der Waals surface area contributed by atoms with E-state index in [1.165, 1.54) is 7.05 Å². The molecule has 33 heavy (non-hydrogen) atoms. The molecular formula is C21H23IN3O6S2-. The number of unbranched alkanes of at least 4 members (excludes halogenated alkanes) is 1. The van der Waals surface area contributed by atoms with Gasteiger partial charge < -0.3 is 14.3 Å². The smallest absolute Gasteiger partial charge is 0.255 e. The van der Waals surface area contributed by atoms with Crippen LogP contribution in [-0.2, 0) is 21.1 Å². The molecule has 2 heterocycles. The third kappa shape index (κ3) is 6.11. The number of hydrogen-bond donors (Lipinski definition) is 1. The highest BCUT2D eigenvalue weighted by Gasteiger charge is 2.25. The number of fused-ring (bicyclic) bond motifs is 1. The molecule has 9 nitrogen and oxygen atoms in total. The number of aromatic nitrogens is 1. The molecule has 3 rings (SSSR count). The van der Waals surface area contributed by atoms with Gasteiger partial charge in [-0.1, -0.05) is 29.8 Å². The van der Waals surface area contributed by atoms with E-state index < -0.39 is 21.1 Å². The number of sulfone groups is 1. The van der Waals surface area contributed by atoms with Gasteiger partial charge in [-0.2, -0.15) is 4.98 Å². The fraction of sp³-hybridized carbons (Fsp3) is 0.333. The van der Waals surface area contributed by atoms with E-state index in [-0.39, 0.29) is 29.7 Å². The Hall–Kier alpha value is -2.03. The second kappa shape index (κ2) is 10.5. The first-order chi connectivity index (χ1) is 15.5. The van der Waals surface area contributed by atoms with Gasteiger partial charge in [0.15, 0.2) is 5.82 Å². The second-order valence-electron chi connectivity index (χ2n) is 7.55. The number of furan rings is 1. The van der Waals surface area contributed by atoms with Gasteiger partial charge in [0, 0.05) is 42.4 Å². The molecule has 0 radical (unpaired) electrons. The summed E-state index contributed by atoms with van der Waals surface area (Å²) in [4.78, 5) is 17.1. The maximum Gasteiger partial charge on any atom is 0.255 e. The quantitative estimate of drug-likeness (QED) is 0.225. The van der Waals surface area contributed by atoms with E-state index >= 15 is 0 Å². The predicted molar refractivity (Wildman–Crippen MR) is 135 cm³/mol. The van der Waals surface area contributed by atoms with Crippen LogP contribution in [0.2, 0.25) is 0 Å². The summed E-state index contributed by atoms with van der Waals surface area (Å²) < 4.78 is 54.1. The zero-order valence-electron chi connectivity index (χ0n) is 18.3. The minimum absolute atomic E-state index is 0.0243. The highest BCUT2D eigenvalue weighted by atomic mass is 127. The zero-order valence-corrected chi connectivity index (χ0v) is 22.0. The lowest BCUT2D eigenvalue weighted by Crippen LogP contribution is -2.28. The third-order valence-corrected chi connectivity index (χ3v) is 7.47. The summed E-state index contributed by atoms with van der Waals surface area (Å²) in [6.07, 6.45) is 1.80. The molecule has 0 aliphatic rings. The SMILES string of the molecule is CNC(=O)c1c(-c2ccc(C)cc2)oc2nc(N(CCCCS(C)(=O)=O)S(=O)[O-])c(I)cc12. The summed E-state index contributed by atoms with van der Waals surface area (Å²) in [5.41, 5.74) is 2.19. The van der Waals surface area contributed by atoms with Crippen molar-refractivity contribution in [3.8, 4) is 11.3 Å². The summed E-state index contributed by atoms with van der Waals surface area (Å²) in [6, 6.07) is 9.15. The number of hydrogen-bond acceptors (Lipinski definition) is 7. The number of pyridine rings is 1. The Labute approximate surface area is 208 Å². The molecule has 0 aliphatic heterocycles. The lowest BCUT2D eigenvalue weighted by atomic mass is 10.0. The van der Waals surface area contributed by atoms with Crippen LogP contribution in [-0.4, -0.2) is 53.7 Å². The van der Waals surface area contributed by atoms with Gasteiger partial charge in [0.25, 0.3) is 5.91 Å². The molecule has 2 aromatic heterocycles. The summed E-state index contributed by atoms with van der Waals surface area (Å²) in [5, 5.41) is 3.08. The van der Waals surface area contributed by atoms with E-state index in [4.69, 9.17) is 4.42 Å². The van der Waals surface area contributed by atoms with Crippen molar-refractivity contribution in [2.45, 2.75) is 19.8 Å². The average Bonchev–Trinajstić information content (AvgIpc) is 3.10. The van der Waals surface area contributed by atoms with Crippen molar-refractivity contribution >= 4 is 66.5 Å². The molecule has 0 spiro atoms. The first kappa shape index (κ1) is 25.6. The predicted octanol–water partition coefficient (Wildman–Crippen LogP) is 3.19. The van der Waals surface area contributed by atoms with Gasteiger partial charge in [0.2, 0.25) is 5.71 Å². The number of rotatable bonds is 9. The Morgan fingerprint density at radius 1 is 1.27 bits per heavy atom. The van der Waals surface area contributed by atoms with Crippen molar-refractivity contribution in [1.82, 2.24) is 10.3 Å². The summed E-state index contributed by atoms with van der Waals surface area (Å²) in [6.45, 7) is 2.01. The third-order valence-electron chi connectivity index (χ3n) is 4.93. The van der Waals surface area contributed by atoms with Crippen LogP contribution in [0.3, 0.4) is 0 Å². The molecule has 1 atom stereocenters. The molecule has 1 amide bonds. The number of halogens is 1. The maximum atomic E-state index is 12.7. The molecule has 1 N–H and O–H groups in total. The largest absolute Gasteiger partial charge is 0.755 e. The summed E-state index contributed by atoms with van der Waals surface area (Å²) >= 11 is -0.669. The van der Waals surface area contributed by atoms with Gasteiger partial charge in [0.05, 0.1) is 14.5 Å².